The highest BCUT2D eigenvalue weighted by atomic mass is 16.2. The predicted molar refractivity (Wildman–Crippen MR) is 69.5 cm³/mol. The maximum atomic E-state index is 13.0. The van der Waals surface area contributed by atoms with Crippen LogP contribution in [-0.2, 0) is 4.79 Å². The molecule has 4 aliphatic carbocycles. The molecule has 5 aliphatic rings. The molecular formula is C15H24N2O. The fourth-order valence-electron chi connectivity index (χ4n) is 5.72. The smallest absolute Gasteiger partial charge is 0.230 e. The van der Waals surface area contributed by atoms with Crippen LogP contribution in [0.15, 0.2) is 0 Å². The molecule has 5 rings (SSSR count). The van der Waals surface area contributed by atoms with Crippen LogP contribution < -0.4 is 5.73 Å². The zero-order valence-electron chi connectivity index (χ0n) is 11.1. The second-order valence-electron chi connectivity index (χ2n) is 7.41. The van der Waals surface area contributed by atoms with Crippen molar-refractivity contribution in [2.24, 2.45) is 28.9 Å². The van der Waals surface area contributed by atoms with Gasteiger partial charge < -0.3 is 10.6 Å². The summed E-state index contributed by atoms with van der Waals surface area (Å²) in [6.07, 6.45) is 9.81. The first-order valence-corrected chi connectivity index (χ1v) is 7.73. The molecule has 2 N–H and O–H groups in total. The van der Waals surface area contributed by atoms with Crippen molar-refractivity contribution in [2.75, 3.05) is 6.54 Å². The summed E-state index contributed by atoms with van der Waals surface area (Å²) in [4.78, 5) is 15.0. The van der Waals surface area contributed by atoms with E-state index in [1.807, 2.05) is 4.90 Å². The molecule has 0 aromatic heterocycles. The van der Waals surface area contributed by atoms with Gasteiger partial charge in [-0.2, -0.15) is 0 Å². The monoisotopic (exact) mass is 248 g/mol. The van der Waals surface area contributed by atoms with Gasteiger partial charge in [0.2, 0.25) is 5.91 Å². The first kappa shape index (κ1) is 11.3. The van der Waals surface area contributed by atoms with Gasteiger partial charge in [0.25, 0.3) is 0 Å². The summed E-state index contributed by atoms with van der Waals surface area (Å²) in [5.41, 5.74) is 6.11. The van der Waals surface area contributed by atoms with Crippen molar-refractivity contribution in [2.45, 2.75) is 57.5 Å². The van der Waals surface area contributed by atoms with Crippen LogP contribution in [0.25, 0.3) is 0 Å². The van der Waals surface area contributed by atoms with E-state index in [1.165, 1.54) is 38.5 Å². The second kappa shape index (κ2) is 3.72. The quantitative estimate of drug-likeness (QED) is 0.772. The molecule has 4 bridgehead atoms. The number of rotatable bonds is 1. The van der Waals surface area contributed by atoms with Gasteiger partial charge in [-0.15, -0.1) is 0 Å². The number of nitrogens with two attached hydrogens (primary N) is 1. The maximum absolute atomic E-state index is 13.0. The Morgan fingerprint density at radius 1 is 1.06 bits per heavy atom. The third-order valence-electron chi connectivity index (χ3n) is 6.05. The topological polar surface area (TPSA) is 46.3 Å². The maximum Gasteiger partial charge on any atom is 0.230 e. The number of hydrogen-bond acceptors (Lipinski definition) is 2. The Kier molecular flexibility index (Phi) is 2.33. The minimum Gasteiger partial charge on any atom is -0.327 e. The van der Waals surface area contributed by atoms with Crippen molar-refractivity contribution >= 4 is 5.91 Å². The summed E-state index contributed by atoms with van der Waals surface area (Å²) >= 11 is 0. The molecule has 0 radical (unpaired) electrons. The fraction of sp³-hybridized carbons (Fsp3) is 0.933. The highest BCUT2D eigenvalue weighted by Gasteiger charge is 2.56. The van der Waals surface area contributed by atoms with Crippen molar-refractivity contribution in [3.8, 4) is 0 Å². The molecule has 0 aromatic rings. The molecule has 0 aromatic carbocycles. The van der Waals surface area contributed by atoms with E-state index in [-0.39, 0.29) is 11.6 Å². The summed E-state index contributed by atoms with van der Waals surface area (Å²) in [6, 6.07) is 0. The Morgan fingerprint density at radius 3 is 2.06 bits per heavy atom. The van der Waals surface area contributed by atoms with E-state index in [2.05, 4.69) is 0 Å². The fourth-order valence-corrected chi connectivity index (χ4v) is 5.72. The largest absolute Gasteiger partial charge is 0.327 e. The normalized spacial score (nSPS) is 49.9. The predicted octanol–water partition coefficient (Wildman–Crippen LogP) is 2.11. The number of amides is 1. The Morgan fingerprint density at radius 2 is 1.61 bits per heavy atom. The molecule has 3 heteroatoms. The lowest BCUT2D eigenvalue weighted by Crippen LogP contribution is -2.56. The van der Waals surface area contributed by atoms with Gasteiger partial charge in [0.15, 0.2) is 0 Å². The van der Waals surface area contributed by atoms with E-state index in [9.17, 15) is 4.79 Å². The zero-order chi connectivity index (χ0) is 12.3. The number of hydrogen-bond donors (Lipinski definition) is 1. The highest BCUT2D eigenvalue weighted by molar-refractivity contribution is 5.83. The molecule has 1 atom stereocenters. The van der Waals surface area contributed by atoms with Gasteiger partial charge >= 0.3 is 0 Å². The molecule has 1 saturated heterocycles. The van der Waals surface area contributed by atoms with Gasteiger partial charge in [-0.3, -0.25) is 4.79 Å². The van der Waals surface area contributed by atoms with E-state index in [4.69, 9.17) is 5.73 Å². The van der Waals surface area contributed by atoms with Crippen LogP contribution in [-0.4, -0.2) is 23.5 Å². The van der Waals surface area contributed by atoms with Crippen LogP contribution in [0.1, 0.15) is 51.4 Å². The first-order chi connectivity index (χ1) is 8.66. The van der Waals surface area contributed by atoms with Crippen LogP contribution in [0, 0.1) is 23.2 Å². The van der Waals surface area contributed by atoms with Crippen molar-refractivity contribution in [3.63, 3.8) is 0 Å². The molecule has 18 heavy (non-hydrogen) atoms. The van der Waals surface area contributed by atoms with E-state index in [0.29, 0.717) is 5.91 Å². The van der Waals surface area contributed by atoms with Crippen LogP contribution in [0.2, 0.25) is 0 Å². The molecule has 0 spiro atoms. The Bertz CT molecular complexity index is 343. The van der Waals surface area contributed by atoms with Crippen LogP contribution in [0.3, 0.4) is 0 Å². The summed E-state index contributed by atoms with van der Waals surface area (Å²) in [7, 11) is 0. The van der Waals surface area contributed by atoms with Crippen LogP contribution >= 0.6 is 0 Å². The average Bonchev–Trinajstić information content (AvgIpc) is 2.72. The molecule has 100 valence electrons. The van der Waals surface area contributed by atoms with Crippen LogP contribution in [0.4, 0.5) is 0 Å². The summed E-state index contributed by atoms with van der Waals surface area (Å²) in [5, 5.41) is 0. The SMILES string of the molecule is NC1CCCN1C(=O)C12CC3CC(CC(C3)C1)C2. The minimum atomic E-state index is 0.00510. The minimum absolute atomic E-state index is 0.00510. The molecule has 1 amide bonds. The first-order valence-electron chi connectivity index (χ1n) is 7.73. The lowest BCUT2D eigenvalue weighted by atomic mass is 9.49. The molecule has 4 saturated carbocycles. The Hall–Kier alpha value is -0.570. The van der Waals surface area contributed by atoms with E-state index in [0.717, 1.165) is 37.1 Å². The summed E-state index contributed by atoms with van der Waals surface area (Å²) in [6.45, 7) is 0.905. The molecule has 1 heterocycles. The van der Waals surface area contributed by atoms with Gasteiger partial charge in [-0.1, -0.05) is 0 Å². The van der Waals surface area contributed by atoms with Crippen molar-refractivity contribution in [1.82, 2.24) is 4.90 Å². The van der Waals surface area contributed by atoms with Crippen LogP contribution in [0.5, 0.6) is 0 Å². The van der Waals surface area contributed by atoms with Crippen molar-refractivity contribution in [3.05, 3.63) is 0 Å². The van der Waals surface area contributed by atoms with Crippen molar-refractivity contribution < 1.29 is 4.79 Å². The van der Waals surface area contributed by atoms with E-state index < -0.39 is 0 Å². The van der Waals surface area contributed by atoms with Gasteiger partial charge in [0, 0.05) is 6.54 Å². The van der Waals surface area contributed by atoms with E-state index in [1.54, 1.807) is 0 Å². The number of carbonyl (C=O) groups is 1. The Labute approximate surface area is 109 Å². The number of likely N-dealkylation sites (tertiary alicyclic amines) is 1. The lowest BCUT2D eigenvalue weighted by Gasteiger charge is -2.56. The average molecular weight is 248 g/mol. The third-order valence-corrected chi connectivity index (χ3v) is 6.05. The lowest BCUT2D eigenvalue weighted by molar-refractivity contribution is -0.158. The molecule has 1 unspecified atom stereocenters. The highest BCUT2D eigenvalue weighted by Crippen LogP contribution is 2.60. The molecule has 1 aliphatic heterocycles. The number of nitrogens with zero attached hydrogens (tertiary/aromatic N) is 1. The standard InChI is InChI=1S/C15H24N2O/c16-13-2-1-3-17(13)14(18)15-7-10-4-11(8-15)6-12(5-10)9-15/h10-13H,1-9,16H2. The number of carbonyl (C=O) groups excluding carboxylic acids is 1. The summed E-state index contributed by atoms with van der Waals surface area (Å²) in [5.74, 6) is 2.96. The molecule has 5 fully saturated rings. The van der Waals surface area contributed by atoms with Gasteiger partial charge in [-0.05, 0) is 69.1 Å². The molecule has 3 nitrogen and oxygen atoms in total. The molecular weight excluding hydrogens is 224 g/mol. The van der Waals surface area contributed by atoms with Gasteiger partial charge in [-0.25, -0.2) is 0 Å². The third kappa shape index (κ3) is 1.49. The summed E-state index contributed by atoms with van der Waals surface area (Å²) < 4.78 is 0. The van der Waals surface area contributed by atoms with Crippen molar-refractivity contribution in [1.29, 1.82) is 0 Å². The zero-order valence-corrected chi connectivity index (χ0v) is 11.1. The van der Waals surface area contributed by atoms with Gasteiger partial charge in [0.05, 0.1) is 11.6 Å². The Balaban J connectivity index is 1.61. The van der Waals surface area contributed by atoms with Gasteiger partial charge in [0.1, 0.15) is 0 Å². The van der Waals surface area contributed by atoms with E-state index >= 15 is 0 Å². The second-order valence-corrected chi connectivity index (χ2v) is 7.41.